The van der Waals surface area contributed by atoms with Crippen molar-refractivity contribution in [2.24, 2.45) is 0 Å². The van der Waals surface area contributed by atoms with E-state index >= 15 is 0 Å². The van der Waals surface area contributed by atoms with Crippen LogP contribution in [0.2, 0.25) is 5.02 Å². The summed E-state index contributed by atoms with van der Waals surface area (Å²) in [7, 11) is 0. The molecular weight excluding hydrogens is 352 g/mol. The van der Waals surface area contributed by atoms with Gasteiger partial charge in [-0.15, -0.1) is 11.3 Å². The van der Waals surface area contributed by atoms with E-state index in [-0.39, 0.29) is 0 Å². The molecule has 0 radical (unpaired) electrons. The summed E-state index contributed by atoms with van der Waals surface area (Å²) in [6, 6.07) is 10.2. The van der Waals surface area contributed by atoms with Crippen molar-refractivity contribution in [1.29, 1.82) is 0 Å². The molecule has 2 N–H and O–H groups in total. The van der Waals surface area contributed by atoms with Crippen molar-refractivity contribution in [2.75, 3.05) is 11.9 Å². The summed E-state index contributed by atoms with van der Waals surface area (Å²) >= 11 is 7.85. The average molecular weight is 369 g/mol. The van der Waals surface area contributed by atoms with Gasteiger partial charge in [-0.25, -0.2) is 9.97 Å². The molecule has 3 heterocycles. The lowest BCUT2D eigenvalue weighted by atomic mass is 10.2. The van der Waals surface area contributed by atoms with Crippen LogP contribution in [0.4, 0.5) is 5.82 Å². The van der Waals surface area contributed by atoms with Crippen LogP contribution in [0.15, 0.2) is 36.7 Å². The molecule has 0 spiro atoms. The first-order valence-corrected chi connectivity index (χ1v) is 9.46. The Balaban J connectivity index is 1.56. The van der Waals surface area contributed by atoms with Crippen LogP contribution in [-0.4, -0.2) is 22.6 Å². The minimum absolute atomic E-state index is 0.314. The standard InChI is InChI=1S/C19H17ClN4S/c20-16-6-2-1-4-13(16)11-22-19-18-17(23-12-24-19)10-15(25-18)8-7-14-5-3-9-21-14/h1-2,4,6,10,12,14,21H,3,5,9,11H2,(H,22,23,24). The van der Waals surface area contributed by atoms with Gasteiger partial charge in [-0.3, -0.25) is 0 Å². The molecule has 4 nitrogen and oxygen atoms in total. The largest absolute Gasteiger partial charge is 0.365 e. The first kappa shape index (κ1) is 16.3. The van der Waals surface area contributed by atoms with E-state index in [1.165, 1.54) is 6.42 Å². The van der Waals surface area contributed by atoms with Gasteiger partial charge in [0.2, 0.25) is 0 Å². The third kappa shape index (κ3) is 3.77. The minimum atomic E-state index is 0.314. The van der Waals surface area contributed by atoms with Crippen molar-refractivity contribution in [3.05, 3.63) is 52.1 Å². The molecule has 25 heavy (non-hydrogen) atoms. The van der Waals surface area contributed by atoms with Crippen molar-refractivity contribution in [3.8, 4) is 11.8 Å². The lowest BCUT2D eigenvalue weighted by Gasteiger charge is -2.07. The number of fused-ring (bicyclic) bond motifs is 1. The number of anilines is 1. The van der Waals surface area contributed by atoms with Crippen LogP contribution in [0.5, 0.6) is 0 Å². The predicted octanol–water partition coefficient (Wildman–Crippen LogP) is 4.06. The fourth-order valence-corrected chi connectivity index (χ4v) is 3.97. The zero-order chi connectivity index (χ0) is 17.1. The van der Waals surface area contributed by atoms with E-state index in [0.29, 0.717) is 12.6 Å². The van der Waals surface area contributed by atoms with Crippen molar-refractivity contribution in [2.45, 2.75) is 25.4 Å². The lowest BCUT2D eigenvalue weighted by Crippen LogP contribution is -2.18. The molecule has 6 heteroatoms. The maximum atomic E-state index is 6.22. The number of hydrogen-bond acceptors (Lipinski definition) is 5. The molecule has 1 aliphatic rings. The summed E-state index contributed by atoms with van der Waals surface area (Å²) in [5, 5.41) is 7.52. The molecule has 0 amide bonds. The molecule has 1 unspecified atom stereocenters. The van der Waals surface area contributed by atoms with Gasteiger partial charge in [0.1, 0.15) is 12.1 Å². The second kappa shape index (κ2) is 7.40. The fraction of sp³-hybridized carbons (Fsp3) is 0.263. The zero-order valence-corrected chi connectivity index (χ0v) is 15.1. The summed E-state index contributed by atoms with van der Waals surface area (Å²) in [5.41, 5.74) is 1.96. The van der Waals surface area contributed by atoms with Crippen molar-refractivity contribution in [3.63, 3.8) is 0 Å². The van der Waals surface area contributed by atoms with E-state index in [4.69, 9.17) is 11.6 Å². The maximum Gasteiger partial charge on any atom is 0.147 e. The van der Waals surface area contributed by atoms with Gasteiger partial charge >= 0.3 is 0 Å². The monoisotopic (exact) mass is 368 g/mol. The number of halogens is 1. The summed E-state index contributed by atoms with van der Waals surface area (Å²) in [4.78, 5) is 9.77. The number of thiophene rings is 1. The fourth-order valence-electron chi connectivity index (χ4n) is 2.83. The zero-order valence-electron chi connectivity index (χ0n) is 13.6. The Kier molecular flexibility index (Phi) is 4.84. The van der Waals surface area contributed by atoms with Gasteiger partial charge in [-0.1, -0.05) is 41.6 Å². The van der Waals surface area contributed by atoms with Gasteiger partial charge < -0.3 is 10.6 Å². The third-order valence-corrected chi connectivity index (χ3v) is 5.56. The van der Waals surface area contributed by atoms with Gasteiger partial charge in [-0.2, -0.15) is 0 Å². The Bertz CT molecular complexity index is 951. The molecule has 0 aliphatic carbocycles. The van der Waals surface area contributed by atoms with E-state index in [1.807, 2.05) is 30.3 Å². The molecule has 3 aromatic rings. The predicted molar refractivity (Wildman–Crippen MR) is 104 cm³/mol. The van der Waals surface area contributed by atoms with E-state index < -0.39 is 0 Å². The molecular formula is C19H17ClN4S. The van der Waals surface area contributed by atoms with Crippen LogP contribution >= 0.6 is 22.9 Å². The normalized spacial score (nSPS) is 16.6. The number of aromatic nitrogens is 2. The molecule has 1 aromatic carbocycles. The van der Waals surface area contributed by atoms with Gasteiger partial charge in [-0.05, 0) is 37.1 Å². The van der Waals surface area contributed by atoms with Gasteiger partial charge in [0, 0.05) is 11.6 Å². The van der Waals surface area contributed by atoms with Gasteiger partial charge in [0.15, 0.2) is 0 Å². The lowest BCUT2D eigenvalue weighted by molar-refractivity contribution is 0.749. The first-order chi connectivity index (χ1) is 12.3. The second-order valence-electron chi connectivity index (χ2n) is 5.91. The summed E-state index contributed by atoms with van der Waals surface area (Å²) < 4.78 is 1.03. The van der Waals surface area contributed by atoms with E-state index in [9.17, 15) is 0 Å². The molecule has 2 aromatic heterocycles. The summed E-state index contributed by atoms with van der Waals surface area (Å²) in [5.74, 6) is 7.40. The van der Waals surface area contributed by atoms with Crippen LogP contribution in [-0.2, 0) is 6.54 Å². The van der Waals surface area contributed by atoms with E-state index in [0.717, 1.165) is 44.5 Å². The number of benzene rings is 1. The molecule has 1 aliphatic heterocycles. The molecule has 0 saturated carbocycles. The van der Waals surface area contributed by atoms with E-state index in [2.05, 4.69) is 32.4 Å². The van der Waals surface area contributed by atoms with Crippen molar-refractivity contribution < 1.29 is 0 Å². The van der Waals surface area contributed by atoms with Crippen LogP contribution in [0.25, 0.3) is 10.2 Å². The summed E-state index contributed by atoms with van der Waals surface area (Å²) in [6.07, 6.45) is 3.91. The molecule has 0 bridgehead atoms. The van der Waals surface area contributed by atoms with E-state index in [1.54, 1.807) is 17.7 Å². The van der Waals surface area contributed by atoms with Crippen LogP contribution in [0.1, 0.15) is 23.3 Å². The quantitative estimate of drug-likeness (QED) is 0.684. The molecule has 4 rings (SSSR count). The number of nitrogens with one attached hydrogen (secondary N) is 2. The Morgan fingerprint density at radius 2 is 2.24 bits per heavy atom. The topological polar surface area (TPSA) is 49.8 Å². The number of hydrogen-bond donors (Lipinski definition) is 2. The Morgan fingerprint density at radius 1 is 1.32 bits per heavy atom. The maximum absolute atomic E-state index is 6.22. The number of nitrogens with zero attached hydrogens (tertiary/aromatic N) is 2. The minimum Gasteiger partial charge on any atom is -0.365 e. The highest BCUT2D eigenvalue weighted by atomic mass is 35.5. The SMILES string of the molecule is Clc1ccccc1CNc1ncnc2cc(C#CC3CCCN3)sc12. The smallest absolute Gasteiger partial charge is 0.147 e. The highest BCUT2D eigenvalue weighted by Gasteiger charge is 2.11. The highest BCUT2D eigenvalue weighted by Crippen LogP contribution is 2.29. The Labute approximate surface area is 155 Å². The Morgan fingerprint density at radius 3 is 3.08 bits per heavy atom. The van der Waals surface area contributed by atoms with Gasteiger partial charge in [0.05, 0.1) is 21.1 Å². The number of rotatable bonds is 3. The van der Waals surface area contributed by atoms with Crippen LogP contribution in [0.3, 0.4) is 0 Å². The van der Waals surface area contributed by atoms with Crippen LogP contribution in [0, 0.1) is 11.8 Å². The highest BCUT2D eigenvalue weighted by molar-refractivity contribution is 7.20. The molecule has 1 atom stereocenters. The average Bonchev–Trinajstić information content (AvgIpc) is 3.28. The second-order valence-corrected chi connectivity index (χ2v) is 7.37. The van der Waals surface area contributed by atoms with Gasteiger partial charge in [0.25, 0.3) is 0 Å². The summed E-state index contributed by atoms with van der Waals surface area (Å²) in [6.45, 7) is 1.68. The molecule has 126 valence electrons. The van der Waals surface area contributed by atoms with Crippen LogP contribution < -0.4 is 10.6 Å². The van der Waals surface area contributed by atoms with Crippen molar-refractivity contribution >= 4 is 39.0 Å². The molecule has 1 saturated heterocycles. The third-order valence-electron chi connectivity index (χ3n) is 4.15. The Hall–Kier alpha value is -2.13. The molecule has 1 fully saturated rings. The van der Waals surface area contributed by atoms with Crippen molar-refractivity contribution in [1.82, 2.24) is 15.3 Å². The first-order valence-electron chi connectivity index (χ1n) is 8.26.